The molecule has 20 heavy (non-hydrogen) atoms. The third-order valence-corrected chi connectivity index (χ3v) is 4.18. The molecule has 2 rings (SSSR count). The molecular weight excluding hydrogens is 244 g/mol. The fourth-order valence-corrected chi connectivity index (χ4v) is 2.24. The SMILES string of the molecule is CCC(C)(C)c1ccc(C)c(C(=O)c2ccccc2)c1. The van der Waals surface area contributed by atoms with Crippen molar-refractivity contribution in [2.24, 2.45) is 0 Å². The first-order valence-corrected chi connectivity index (χ1v) is 7.16. The molecule has 2 aromatic carbocycles. The van der Waals surface area contributed by atoms with E-state index in [9.17, 15) is 4.79 Å². The molecule has 1 nitrogen and oxygen atoms in total. The van der Waals surface area contributed by atoms with Crippen molar-refractivity contribution in [1.82, 2.24) is 0 Å². The summed E-state index contributed by atoms with van der Waals surface area (Å²) in [6.07, 6.45) is 1.05. The van der Waals surface area contributed by atoms with Crippen LogP contribution in [0.2, 0.25) is 0 Å². The smallest absolute Gasteiger partial charge is 0.193 e. The highest BCUT2D eigenvalue weighted by molar-refractivity contribution is 6.10. The molecule has 0 aliphatic heterocycles. The Bertz CT molecular complexity index is 609. The number of hydrogen-bond acceptors (Lipinski definition) is 1. The summed E-state index contributed by atoms with van der Waals surface area (Å²) in [5, 5.41) is 0. The van der Waals surface area contributed by atoms with E-state index in [0.29, 0.717) is 0 Å². The highest BCUT2D eigenvalue weighted by Crippen LogP contribution is 2.29. The Morgan fingerprint density at radius 1 is 1.05 bits per heavy atom. The van der Waals surface area contributed by atoms with Gasteiger partial charge in [-0.15, -0.1) is 0 Å². The van der Waals surface area contributed by atoms with Crippen LogP contribution in [0.25, 0.3) is 0 Å². The van der Waals surface area contributed by atoms with E-state index in [2.05, 4.69) is 39.0 Å². The molecule has 2 aromatic rings. The molecule has 0 atom stereocenters. The Morgan fingerprint density at radius 2 is 1.70 bits per heavy atom. The van der Waals surface area contributed by atoms with Crippen molar-refractivity contribution in [3.8, 4) is 0 Å². The van der Waals surface area contributed by atoms with Gasteiger partial charge in [-0.3, -0.25) is 4.79 Å². The number of hydrogen-bond donors (Lipinski definition) is 0. The highest BCUT2D eigenvalue weighted by atomic mass is 16.1. The average molecular weight is 266 g/mol. The van der Waals surface area contributed by atoms with E-state index in [0.717, 1.165) is 23.1 Å². The zero-order valence-corrected chi connectivity index (χ0v) is 12.7. The predicted octanol–water partition coefficient (Wildman–Crippen LogP) is 4.91. The molecular formula is C19H22O. The van der Waals surface area contributed by atoms with Crippen LogP contribution in [-0.4, -0.2) is 5.78 Å². The Kier molecular flexibility index (Phi) is 4.08. The van der Waals surface area contributed by atoms with Crippen LogP contribution in [0.3, 0.4) is 0 Å². The van der Waals surface area contributed by atoms with Gasteiger partial charge in [0, 0.05) is 11.1 Å². The third kappa shape index (κ3) is 2.82. The van der Waals surface area contributed by atoms with Gasteiger partial charge in [0.2, 0.25) is 0 Å². The average Bonchev–Trinajstić information content (AvgIpc) is 2.47. The monoisotopic (exact) mass is 266 g/mol. The van der Waals surface area contributed by atoms with Crippen LogP contribution in [0.1, 0.15) is 54.2 Å². The number of rotatable bonds is 4. The van der Waals surface area contributed by atoms with Gasteiger partial charge in [-0.2, -0.15) is 0 Å². The third-order valence-electron chi connectivity index (χ3n) is 4.18. The van der Waals surface area contributed by atoms with Crippen LogP contribution in [0.15, 0.2) is 48.5 Å². The second-order valence-corrected chi connectivity index (χ2v) is 5.96. The zero-order chi connectivity index (χ0) is 14.8. The number of ketones is 1. The molecule has 0 radical (unpaired) electrons. The first-order valence-electron chi connectivity index (χ1n) is 7.16. The van der Waals surface area contributed by atoms with Crippen LogP contribution in [0, 0.1) is 6.92 Å². The molecule has 0 aromatic heterocycles. The quantitative estimate of drug-likeness (QED) is 0.718. The Balaban J connectivity index is 2.47. The molecule has 0 bridgehead atoms. The number of carbonyl (C=O) groups excluding carboxylic acids is 1. The van der Waals surface area contributed by atoms with Crippen LogP contribution >= 0.6 is 0 Å². The summed E-state index contributed by atoms with van der Waals surface area (Å²) < 4.78 is 0. The van der Waals surface area contributed by atoms with Gasteiger partial charge in [0.25, 0.3) is 0 Å². The van der Waals surface area contributed by atoms with E-state index in [-0.39, 0.29) is 11.2 Å². The van der Waals surface area contributed by atoms with E-state index in [1.165, 1.54) is 5.56 Å². The van der Waals surface area contributed by atoms with E-state index >= 15 is 0 Å². The van der Waals surface area contributed by atoms with Crippen molar-refractivity contribution in [3.05, 3.63) is 70.8 Å². The summed E-state index contributed by atoms with van der Waals surface area (Å²) in [6.45, 7) is 8.61. The van der Waals surface area contributed by atoms with Gasteiger partial charge < -0.3 is 0 Å². The molecule has 0 heterocycles. The van der Waals surface area contributed by atoms with Crippen LogP contribution in [-0.2, 0) is 5.41 Å². The Hall–Kier alpha value is -1.89. The molecule has 0 amide bonds. The van der Waals surface area contributed by atoms with E-state index < -0.39 is 0 Å². The summed E-state index contributed by atoms with van der Waals surface area (Å²) in [5.74, 6) is 0.108. The van der Waals surface area contributed by atoms with E-state index in [1.807, 2.05) is 37.3 Å². The van der Waals surface area contributed by atoms with Gasteiger partial charge in [0.1, 0.15) is 0 Å². The van der Waals surface area contributed by atoms with Crippen LogP contribution in [0.5, 0.6) is 0 Å². The van der Waals surface area contributed by atoms with Gasteiger partial charge in [-0.25, -0.2) is 0 Å². The van der Waals surface area contributed by atoms with Crippen molar-refractivity contribution in [2.45, 2.75) is 39.5 Å². The molecule has 0 fully saturated rings. The summed E-state index contributed by atoms with van der Waals surface area (Å²) in [6, 6.07) is 15.8. The standard InChI is InChI=1S/C19H22O/c1-5-19(3,4)16-12-11-14(2)17(13-16)18(20)15-9-7-6-8-10-15/h6-13H,5H2,1-4H3. The summed E-state index contributed by atoms with van der Waals surface area (Å²) in [7, 11) is 0. The minimum Gasteiger partial charge on any atom is -0.289 e. The lowest BCUT2D eigenvalue weighted by molar-refractivity contribution is 0.103. The molecule has 0 saturated carbocycles. The lowest BCUT2D eigenvalue weighted by Gasteiger charge is -2.24. The lowest BCUT2D eigenvalue weighted by Crippen LogP contribution is -2.17. The molecule has 1 heteroatoms. The van der Waals surface area contributed by atoms with Gasteiger partial charge in [-0.05, 0) is 36.0 Å². The summed E-state index contributed by atoms with van der Waals surface area (Å²) in [4.78, 5) is 12.6. The van der Waals surface area contributed by atoms with Crippen molar-refractivity contribution in [3.63, 3.8) is 0 Å². The van der Waals surface area contributed by atoms with Crippen molar-refractivity contribution >= 4 is 5.78 Å². The molecule has 0 aliphatic carbocycles. The minimum absolute atomic E-state index is 0.0966. The van der Waals surface area contributed by atoms with Gasteiger partial charge >= 0.3 is 0 Å². The zero-order valence-electron chi connectivity index (χ0n) is 12.7. The predicted molar refractivity (Wildman–Crippen MR) is 84.4 cm³/mol. The maximum atomic E-state index is 12.6. The fourth-order valence-electron chi connectivity index (χ4n) is 2.24. The first-order chi connectivity index (χ1) is 9.45. The van der Waals surface area contributed by atoms with Crippen molar-refractivity contribution in [1.29, 1.82) is 0 Å². The molecule has 0 unspecified atom stereocenters. The molecule has 0 saturated heterocycles. The topological polar surface area (TPSA) is 17.1 Å². The van der Waals surface area contributed by atoms with Crippen LogP contribution in [0.4, 0.5) is 0 Å². The minimum atomic E-state index is 0.0966. The molecule has 104 valence electrons. The number of carbonyl (C=O) groups is 1. The normalized spacial score (nSPS) is 11.4. The second-order valence-electron chi connectivity index (χ2n) is 5.96. The molecule has 0 spiro atoms. The first kappa shape index (κ1) is 14.5. The maximum Gasteiger partial charge on any atom is 0.193 e. The molecule has 0 N–H and O–H groups in total. The van der Waals surface area contributed by atoms with Crippen molar-refractivity contribution in [2.75, 3.05) is 0 Å². The lowest BCUT2D eigenvalue weighted by atomic mass is 9.80. The maximum absolute atomic E-state index is 12.6. The number of benzene rings is 2. The van der Waals surface area contributed by atoms with Gasteiger partial charge in [-0.1, -0.05) is 63.2 Å². The fraction of sp³-hybridized carbons (Fsp3) is 0.316. The summed E-state index contributed by atoms with van der Waals surface area (Å²) >= 11 is 0. The van der Waals surface area contributed by atoms with Gasteiger partial charge in [0.05, 0.1) is 0 Å². The van der Waals surface area contributed by atoms with Crippen molar-refractivity contribution < 1.29 is 4.79 Å². The van der Waals surface area contributed by atoms with E-state index in [1.54, 1.807) is 0 Å². The molecule has 0 aliphatic rings. The second kappa shape index (κ2) is 5.62. The number of aryl methyl sites for hydroxylation is 1. The Labute approximate surface area is 121 Å². The van der Waals surface area contributed by atoms with E-state index in [4.69, 9.17) is 0 Å². The largest absolute Gasteiger partial charge is 0.289 e. The summed E-state index contributed by atoms with van der Waals surface area (Å²) in [5.41, 5.74) is 3.93. The Morgan fingerprint density at radius 3 is 2.30 bits per heavy atom. The van der Waals surface area contributed by atoms with Gasteiger partial charge in [0.15, 0.2) is 5.78 Å². The van der Waals surface area contributed by atoms with Crippen LogP contribution < -0.4 is 0 Å². The highest BCUT2D eigenvalue weighted by Gasteiger charge is 2.20.